The van der Waals surface area contributed by atoms with Crippen molar-refractivity contribution in [2.75, 3.05) is 0 Å². The van der Waals surface area contributed by atoms with Crippen molar-refractivity contribution in [3.05, 3.63) is 48.5 Å². The highest BCUT2D eigenvalue weighted by molar-refractivity contribution is 6.06. The summed E-state index contributed by atoms with van der Waals surface area (Å²) in [7, 11) is 0. The van der Waals surface area contributed by atoms with Crippen LogP contribution in [-0.2, 0) is 11.3 Å². The van der Waals surface area contributed by atoms with Crippen molar-refractivity contribution in [3.63, 3.8) is 0 Å². The van der Waals surface area contributed by atoms with E-state index in [4.69, 9.17) is 5.11 Å². The van der Waals surface area contributed by atoms with Crippen LogP contribution in [0.1, 0.15) is 17.4 Å². The van der Waals surface area contributed by atoms with Crippen molar-refractivity contribution in [2.45, 2.75) is 13.5 Å². The molecule has 0 unspecified atom stereocenters. The van der Waals surface area contributed by atoms with Gasteiger partial charge in [0.15, 0.2) is 5.78 Å². The Hall–Kier alpha value is -3.55. The topological polar surface area (TPSA) is 102 Å². The van der Waals surface area contributed by atoms with Crippen molar-refractivity contribution in [3.8, 4) is 11.3 Å². The second-order valence-corrected chi connectivity index (χ2v) is 5.62. The first-order valence-corrected chi connectivity index (χ1v) is 7.56. The van der Waals surface area contributed by atoms with Gasteiger partial charge in [0.05, 0.1) is 17.4 Å². The standard InChI is InChI=1S/C17H13N5O3/c1-10(23)16-12-7-11(3-4-13(12)22(20-16)9-15(24)25)14-8-19-17-18-5-2-6-21(14)17/h2-8H,9H2,1H3,(H,24,25). The Morgan fingerprint density at radius 1 is 1.24 bits per heavy atom. The van der Waals surface area contributed by atoms with Gasteiger partial charge in [-0.2, -0.15) is 5.10 Å². The maximum atomic E-state index is 11.9. The van der Waals surface area contributed by atoms with Crippen LogP contribution >= 0.6 is 0 Å². The first kappa shape index (κ1) is 15.0. The molecular weight excluding hydrogens is 322 g/mol. The number of benzene rings is 1. The molecule has 25 heavy (non-hydrogen) atoms. The Bertz CT molecular complexity index is 1140. The van der Waals surface area contributed by atoms with Gasteiger partial charge in [0.2, 0.25) is 5.78 Å². The van der Waals surface area contributed by atoms with E-state index in [1.165, 1.54) is 11.6 Å². The van der Waals surface area contributed by atoms with E-state index in [0.717, 1.165) is 11.3 Å². The fourth-order valence-corrected chi connectivity index (χ4v) is 2.89. The lowest BCUT2D eigenvalue weighted by Crippen LogP contribution is -2.10. The predicted molar refractivity (Wildman–Crippen MR) is 89.4 cm³/mol. The van der Waals surface area contributed by atoms with Crippen molar-refractivity contribution >= 4 is 28.4 Å². The fourth-order valence-electron chi connectivity index (χ4n) is 2.89. The highest BCUT2D eigenvalue weighted by Gasteiger charge is 2.17. The number of rotatable bonds is 4. The van der Waals surface area contributed by atoms with E-state index in [9.17, 15) is 9.59 Å². The van der Waals surface area contributed by atoms with Crippen LogP contribution in [-0.4, -0.2) is 41.0 Å². The zero-order chi connectivity index (χ0) is 17.6. The van der Waals surface area contributed by atoms with Gasteiger partial charge in [0, 0.05) is 30.3 Å². The summed E-state index contributed by atoms with van der Waals surface area (Å²) in [4.78, 5) is 31.4. The molecule has 3 aromatic heterocycles. The monoisotopic (exact) mass is 335 g/mol. The molecule has 0 aliphatic rings. The molecule has 0 saturated carbocycles. The summed E-state index contributed by atoms with van der Waals surface area (Å²) >= 11 is 0. The van der Waals surface area contributed by atoms with Crippen molar-refractivity contribution in [2.24, 2.45) is 0 Å². The molecule has 8 heteroatoms. The van der Waals surface area contributed by atoms with E-state index in [1.54, 1.807) is 18.5 Å². The number of aliphatic carboxylic acids is 1. The van der Waals surface area contributed by atoms with Gasteiger partial charge >= 0.3 is 5.97 Å². The third-order valence-electron chi connectivity index (χ3n) is 3.95. The van der Waals surface area contributed by atoms with Gasteiger partial charge < -0.3 is 5.11 Å². The van der Waals surface area contributed by atoms with Gasteiger partial charge in [-0.25, -0.2) is 9.97 Å². The maximum Gasteiger partial charge on any atom is 0.325 e. The van der Waals surface area contributed by atoms with E-state index >= 15 is 0 Å². The van der Waals surface area contributed by atoms with Crippen LogP contribution in [0.15, 0.2) is 42.9 Å². The molecule has 8 nitrogen and oxygen atoms in total. The Kier molecular flexibility index (Phi) is 3.31. The SMILES string of the molecule is CC(=O)c1nn(CC(=O)O)c2ccc(-c3cnc4ncccn34)cc12. The molecule has 0 bridgehead atoms. The number of carboxylic acids is 1. The van der Waals surface area contributed by atoms with Gasteiger partial charge in [-0.3, -0.25) is 18.7 Å². The Morgan fingerprint density at radius 2 is 2.08 bits per heavy atom. The van der Waals surface area contributed by atoms with E-state index in [0.29, 0.717) is 16.7 Å². The number of hydrogen-bond donors (Lipinski definition) is 1. The van der Waals surface area contributed by atoms with Gasteiger partial charge in [0.1, 0.15) is 12.2 Å². The highest BCUT2D eigenvalue weighted by Crippen LogP contribution is 2.27. The normalized spacial score (nSPS) is 11.2. The van der Waals surface area contributed by atoms with E-state index in [2.05, 4.69) is 15.1 Å². The number of carbonyl (C=O) groups is 2. The molecule has 0 aliphatic carbocycles. The second kappa shape index (κ2) is 5.52. The molecule has 0 saturated heterocycles. The smallest absolute Gasteiger partial charge is 0.325 e. The molecule has 4 aromatic rings. The van der Waals surface area contributed by atoms with E-state index in [-0.39, 0.29) is 18.0 Å². The second-order valence-electron chi connectivity index (χ2n) is 5.62. The first-order chi connectivity index (χ1) is 12.0. The van der Waals surface area contributed by atoms with Gasteiger partial charge in [-0.15, -0.1) is 0 Å². The average molecular weight is 335 g/mol. The number of ketones is 1. The van der Waals surface area contributed by atoms with Gasteiger partial charge in [-0.05, 0) is 18.2 Å². The van der Waals surface area contributed by atoms with Crippen molar-refractivity contribution in [1.29, 1.82) is 0 Å². The number of carbonyl (C=O) groups excluding carboxylic acids is 1. The molecule has 1 aromatic carbocycles. The molecule has 0 radical (unpaired) electrons. The minimum atomic E-state index is -1.02. The number of carboxylic acid groups (broad SMARTS) is 1. The van der Waals surface area contributed by atoms with Crippen LogP contribution in [0.5, 0.6) is 0 Å². The summed E-state index contributed by atoms with van der Waals surface area (Å²) in [6.45, 7) is 1.11. The lowest BCUT2D eigenvalue weighted by atomic mass is 10.1. The van der Waals surface area contributed by atoms with Crippen LogP contribution in [0.25, 0.3) is 27.9 Å². The zero-order valence-electron chi connectivity index (χ0n) is 13.2. The lowest BCUT2D eigenvalue weighted by molar-refractivity contribution is -0.137. The molecule has 0 spiro atoms. The average Bonchev–Trinajstić information content (AvgIpc) is 3.16. The fraction of sp³-hybridized carbons (Fsp3) is 0.118. The number of imidazole rings is 1. The molecule has 0 amide bonds. The summed E-state index contributed by atoms with van der Waals surface area (Å²) in [6, 6.07) is 7.25. The summed E-state index contributed by atoms with van der Waals surface area (Å²) in [5.41, 5.74) is 2.52. The maximum absolute atomic E-state index is 11.9. The molecule has 0 atom stereocenters. The Labute approximate surface area is 141 Å². The van der Waals surface area contributed by atoms with Crippen LogP contribution in [0.2, 0.25) is 0 Å². The molecule has 0 aliphatic heterocycles. The number of hydrogen-bond acceptors (Lipinski definition) is 5. The number of aromatic nitrogens is 5. The van der Waals surface area contributed by atoms with E-state index < -0.39 is 5.97 Å². The minimum absolute atomic E-state index is 0.217. The Balaban J connectivity index is 1.94. The minimum Gasteiger partial charge on any atom is -0.480 e. The van der Waals surface area contributed by atoms with Crippen LogP contribution < -0.4 is 0 Å². The van der Waals surface area contributed by atoms with Gasteiger partial charge in [-0.1, -0.05) is 6.07 Å². The third kappa shape index (κ3) is 2.44. The van der Waals surface area contributed by atoms with Gasteiger partial charge in [0.25, 0.3) is 0 Å². The highest BCUT2D eigenvalue weighted by atomic mass is 16.4. The van der Waals surface area contributed by atoms with Crippen LogP contribution in [0.4, 0.5) is 0 Å². The largest absolute Gasteiger partial charge is 0.480 e. The predicted octanol–water partition coefficient (Wildman–Crippen LogP) is 2.03. The summed E-state index contributed by atoms with van der Waals surface area (Å²) in [6.07, 6.45) is 5.23. The third-order valence-corrected chi connectivity index (χ3v) is 3.95. The number of nitrogens with zero attached hydrogens (tertiary/aromatic N) is 5. The molecule has 124 valence electrons. The van der Waals surface area contributed by atoms with Crippen molar-refractivity contribution < 1.29 is 14.7 Å². The van der Waals surface area contributed by atoms with Crippen LogP contribution in [0.3, 0.4) is 0 Å². The summed E-state index contributed by atoms with van der Waals surface area (Å²) < 4.78 is 3.17. The van der Waals surface area contributed by atoms with Crippen molar-refractivity contribution in [1.82, 2.24) is 24.1 Å². The molecular formula is C17H13N5O3. The quantitative estimate of drug-likeness (QED) is 0.573. The summed E-state index contributed by atoms with van der Waals surface area (Å²) in [5.74, 6) is -0.659. The molecule has 3 heterocycles. The molecule has 4 rings (SSSR count). The van der Waals surface area contributed by atoms with Crippen LogP contribution in [0, 0.1) is 0 Å². The number of Topliss-reactive ketones (excluding diaryl/α,β-unsaturated/α-hetero) is 1. The number of fused-ring (bicyclic) bond motifs is 2. The molecule has 0 fully saturated rings. The molecule has 1 N–H and O–H groups in total. The Morgan fingerprint density at radius 3 is 2.84 bits per heavy atom. The lowest BCUT2D eigenvalue weighted by Gasteiger charge is -2.03. The zero-order valence-corrected chi connectivity index (χ0v) is 13.2. The van der Waals surface area contributed by atoms with E-state index in [1.807, 2.05) is 28.8 Å². The first-order valence-electron chi connectivity index (χ1n) is 7.56. The summed E-state index contributed by atoms with van der Waals surface area (Å²) in [5, 5.41) is 13.8.